The Kier molecular flexibility index (Phi) is 4.22. The van der Waals surface area contributed by atoms with E-state index >= 15 is 0 Å². The molecule has 2 aliphatic rings. The average Bonchev–Trinajstić information content (AvgIpc) is 2.58. The standard InChI is InChI=1S/C13H26N2O/c1-13(7-4-10-16-13)11-14-12-5-3-8-15(2)9-6-12/h12,14H,3-11H2,1-2H3. The summed E-state index contributed by atoms with van der Waals surface area (Å²) in [6.07, 6.45) is 6.37. The monoisotopic (exact) mass is 226 g/mol. The van der Waals surface area contributed by atoms with Crippen LogP contribution in [0.5, 0.6) is 0 Å². The molecule has 0 bridgehead atoms. The Balaban J connectivity index is 1.72. The van der Waals surface area contributed by atoms with Gasteiger partial charge in [0.25, 0.3) is 0 Å². The van der Waals surface area contributed by atoms with Crippen LogP contribution in [0, 0.1) is 0 Å². The number of hydrogen-bond acceptors (Lipinski definition) is 3. The van der Waals surface area contributed by atoms with E-state index in [-0.39, 0.29) is 5.60 Å². The fraction of sp³-hybridized carbons (Fsp3) is 1.00. The van der Waals surface area contributed by atoms with Crippen molar-refractivity contribution >= 4 is 0 Å². The summed E-state index contributed by atoms with van der Waals surface area (Å²) in [4.78, 5) is 2.44. The minimum atomic E-state index is 0.109. The van der Waals surface area contributed by atoms with Gasteiger partial charge in [-0.15, -0.1) is 0 Å². The third-order valence-corrected chi connectivity index (χ3v) is 4.02. The van der Waals surface area contributed by atoms with Crippen molar-refractivity contribution in [2.75, 3.05) is 33.3 Å². The lowest BCUT2D eigenvalue weighted by Gasteiger charge is -2.27. The van der Waals surface area contributed by atoms with Gasteiger partial charge in [-0.25, -0.2) is 0 Å². The largest absolute Gasteiger partial charge is 0.374 e. The Morgan fingerprint density at radius 2 is 2.19 bits per heavy atom. The van der Waals surface area contributed by atoms with Crippen LogP contribution in [-0.2, 0) is 4.74 Å². The second-order valence-electron chi connectivity index (χ2n) is 5.71. The Hall–Kier alpha value is -0.120. The van der Waals surface area contributed by atoms with Crippen molar-refractivity contribution < 1.29 is 4.74 Å². The summed E-state index contributed by atoms with van der Waals surface area (Å²) in [5.74, 6) is 0. The van der Waals surface area contributed by atoms with E-state index in [4.69, 9.17) is 4.74 Å². The molecular weight excluding hydrogens is 200 g/mol. The first kappa shape index (κ1) is 12.3. The Morgan fingerprint density at radius 3 is 2.94 bits per heavy atom. The molecule has 0 saturated carbocycles. The van der Waals surface area contributed by atoms with E-state index in [0.717, 1.165) is 13.2 Å². The molecule has 2 heterocycles. The minimum Gasteiger partial charge on any atom is -0.374 e. The zero-order valence-electron chi connectivity index (χ0n) is 10.8. The Bertz CT molecular complexity index is 214. The van der Waals surface area contributed by atoms with Gasteiger partial charge in [0.15, 0.2) is 0 Å². The van der Waals surface area contributed by atoms with E-state index in [9.17, 15) is 0 Å². The molecule has 94 valence electrons. The highest BCUT2D eigenvalue weighted by Gasteiger charge is 2.30. The maximum atomic E-state index is 5.81. The van der Waals surface area contributed by atoms with E-state index in [1.54, 1.807) is 0 Å². The van der Waals surface area contributed by atoms with Crippen molar-refractivity contribution in [3.63, 3.8) is 0 Å². The first-order valence-electron chi connectivity index (χ1n) is 6.74. The van der Waals surface area contributed by atoms with Gasteiger partial charge in [-0.2, -0.15) is 0 Å². The predicted octanol–water partition coefficient (Wildman–Crippen LogP) is 1.63. The van der Waals surface area contributed by atoms with Crippen LogP contribution in [0.2, 0.25) is 0 Å². The van der Waals surface area contributed by atoms with Crippen LogP contribution in [0.3, 0.4) is 0 Å². The zero-order chi connectivity index (χ0) is 11.4. The van der Waals surface area contributed by atoms with Crippen LogP contribution >= 0.6 is 0 Å². The number of nitrogens with zero attached hydrogens (tertiary/aromatic N) is 1. The number of likely N-dealkylation sites (tertiary alicyclic amines) is 1. The lowest BCUT2D eigenvalue weighted by atomic mass is 10.0. The summed E-state index contributed by atoms with van der Waals surface area (Å²) in [6, 6.07) is 0.700. The summed E-state index contributed by atoms with van der Waals surface area (Å²) in [7, 11) is 2.23. The van der Waals surface area contributed by atoms with Gasteiger partial charge in [-0.3, -0.25) is 0 Å². The number of hydrogen-bond donors (Lipinski definition) is 1. The molecule has 0 amide bonds. The van der Waals surface area contributed by atoms with E-state index in [1.807, 2.05) is 0 Å². The van der Waals surface area contributed by atoms with E-state index in [1.165, 1.54) is 45.2 Å². The van der Waals surface area contributed by atoms with Crippen LogP contribution in [0.4, 0.5) is 0 Å². The lowest BCUT2D eigenvalue weighted by molar-refractivity contribution is 0.0184. The van der Waals surface area contributed by atoms with Gasteiger partial charge in [-0.05, 0) is 59.2 Å². The third kappa shape index (κ3) is 3.44. The fourth-order valence-corrected chi connectivity index (χ4v) is 2.78. The quantitative estimate of drug-likeness (QED) is 0.791. The predicted molar refractivity (Wildman–Crippen MR) is 66.7 cm³/mol. The normalized spacial score (nSPS) is 37.5. The molecule has 0 spiro atoms. The molecule has 3 nitrogen and oxygen atoms in total. The topological polar surface area (TPSA) is 24.5 Å². The zero-order valence-corrected chi connectivity index (χ0v) is 10.8. The molecule has 0 aromatic rings. The molecular formula is C13H26N2O. The number of rotatable bonds is 3. The van der Waals surface area contributed by atoms with Crippen LogP contribution in [0.15, 0.2) is 0 Å². The molecule has 0 aliphatic carbocycles. The summed E-state index contributed by atoms with van der Waals surface area (Å²) in [6.45, 7) is 6.71. The molecule has 0 radical (unpaired) electrons. The molecule has 16 heavy (non-hydrogen) atoms. The van der Waals surface area contributed by atoms with Crippen molar-refractivity contribution in [2.45, 2.75) is 50.7 Å². The molecule has 2 rings (SSSR count). The van der Waals surface area contributed by atoms with Gasteiger partial charge in [0.05, 0.1) is 5.60 Å². The molecule has 2 saturated heterocycles. The van der Waals surface area contributed by atoms with Gasteiger partial charge in [0, 0.05) is 19.2 Å². The lowest BCUT2D eigenvalue weighted by Crippen LogP contribution is -2.42. The highest BCUT2D eigenvalue weighted by atomic mass is 16.5. The molecule has 2 unspecified atom stereocenters. The van der Waals surface area contributed by atoms with Crippen molar-refractivity contribution in [3.05, 3.63) is 0 Å². The Labute approximate surface area is 99.5 Å². The summed E-state index contributed by atoms with van der Waals surface area (Å²) < 4.78 is 5.81. The van der Waals surface area contributed by atoms with E-state index in [0.29, 0.717) is 6.04 Å². The summed E-state index contributed by atoms with van der Waals surface area (Å²) in [5, 5.41) is 3.71. The van der Waals surface area contributed by atoms with Crippen LogP contribution in [0.1, 0.15) is 39.0 Å². The highest BCUT2D eigenvalue weighted by Crippen LogP contribution is 2.24. The van der Waals surface area contributed by atoms with Crippen molar-refractivity contribution in [3.8, 4) is 0 Å². The van der Waals surface area contributed by atoms with Gasteiger partial charge < -0.3 is 15.0 Å². The first-order chi connectivity index (χ1) is 7.68. The highest BCUT2D eigenvalue weighted by molar-refractivity contribution is 4.85. The maximum absolute atomic E-state index is 5.81. The summed E-state index contributed by atoms with van der Waals surface area (Å²) in [5.41, 5.74) is 0.109. The van der Waals surface area contributed by atoms with Crippen molar-refractivity contribution in [2.24, 2.45) is 0 Å². The van der Waals surface area contributed by atoms with Crippen LogP contribution in [0.25, 0.3) is 0 Å². The Morgan fingerprint density at radius 1 is 1.31 bits per heavy atom. The maximum Gasteiger partial charge on any atom is 0.0779 e. The van der Waals surface area contributed by atoms with Crippen LogP contribution < -0.4 is 5.32 Å². The van der Waals surface area contributed by atoms with Gasteiger partial charge in [0.1, 0.15) is 0 Å². The van der Waals surface area contributed by atoms with Crippen molar-refractivity contribution in [1.29, 1.82) is 0 Å². The van der Waals surface area contributed by atoms with Crippen LogP contribution in [-0.4, -0.2) is 49.8 Å². The molecule has 1 N–H and O–H groups in total. The SMILES string of the molecule is CN1CCCC(NCC2(C)CCCO2)CC1. The molecule has 2 fully saturated rings. The van der Waals surface area contributed by atoms with Crippen molar-refractivity contribution in [1.82, 2.24) is 10.2 Å². The second kappa shape index (κ2) is 5.48. The smallest absolute Gasteiger partial charge is 0.0779 e. The molecule has 0 aromatic carbocycles. The van der Waals surface area contributed by atoms with Gasteiger partial charge in [0.2, 0.25) is 0 Å². The minimum absolute atomic E-state index is 0.109. The third-order valence-electron chi connectivity index (χ3n) is 4.02. The van der Waals surface area contributed by atoms with Gasteiger partial charge >= 0.3 is 0 Å². The molecule has 2 atom stereocenters. The second-order valence-corrected chi connectivity index (χ2v) is 5.71. The number of ether oxygens (including phenoxy) is 1. The number of nitrogens with one attached hydrogen (secondary N) is 1. The van der Waals surface area contributed by atoms with E-state index < -0.39 is 0 Å². The fourth-order valence-electron chi connectivity index (χ4n) is 2.78. The summed E-state index contributed by atoms with van der Waals surface area (Å²) >= 11 is 0. The average molecular weight is 226 g/mol. The van der Waals surface area contributed by atoms with Gasteiger partial charge in [-0.1, -0.05) is 0 Å². The van der Waals surface area contributed by atoms with E-state index in [2.05, 4.69) is 24.2 Å². The molecule has 2 aliphatic heterocycles. The molecule has 0 aromatic heterocycles. The first-order valence-corrected chi connectivity index (χ1v) is 6.74. The molecule has 3 heteroatoms.